The molecule has 0 atom stereocenters. The molecule has 0 saturated heterocycles. The average Bonchev–Trinajstić information content (AvgIpc) is 4.00. The maximum atomic E-state index is 6.91. The SMILES string of the molecule is C.CC1(C)c2ccccc2-c2c(N(c3ccc(-c4ccccc4)cc3)c3c(-c4ccccc4)ccc4oc5ccc(-c6ccc7c(c6)c6ccccc6n7-c6ccccc6)cc5c34)cccc21. The molecule has 0 N–H and O–H groups in total. The minimum Gasteiger partial charge on any atom is -0.456 e. The van der Waals surface area contributed by atoms with E-state index < -0.39 is 0 Å². The molecule has 2 heterocycles. The van der Waals surface area contributed by atoms with Crippen LogP contribution in [0.4, 0.5) is 17.1 Å². The maximum Gasteiger partial charge on any atom is 0.137 e. The number of benzene rings is 10. The van der Waals surface area contributed by atoms with Crippen molar-refractivity contribution in [3.8, 4) is 50.2 Å². The Bertz CT molecular complexity index is 3820. The van der Waals surface area contributed by atoms with Gasteiger partial charge in [0.25, 0.3) is 0 Å². The number of rotatable bonds is 7. The molecule has 0 spiro atoms. The van der Waals surface area contributed by atoms with Gasteiger partial charge in [-0.15, -0.1) is 0 Å². The van der Waals surface area contributed by atoms with Crippen molar-refractivity contribution in [1.29, 1.82) is 0 Å². The highest BCUT2D eigenvalue weighted by Gasteiger charge is 2.38. The Morgan fingerprint density at radius 2 is 1.00 bits per heavy atom. The van der Waals surface area contributed by atoms with Crippen molar-refractivity contribution in [1.82, 2.24) is 4.57 Å². The van der Waals surface area contributed by atoms with Gasteiger partial charge in [0.05, 0.1) is 27.8 Å². The van der Waals surface area contributed by atoms with Crippen molar-refractivity contribution in [2.75, 3.05) is 4.90 Å². The molecular weight excluding hydrogens is 813 g/mol. The van der Waals surface area contributed by atoms with Crippen LogP contribution < -0.4 is 4.90 Å². The van der Waals surface area contributed by atoms with Gasteiger partial charge in [0.15, 0.2) is 0 Å². The zero-order valence-electron chi connectivity index (χ0n) is 36.7. The van der Waals surface area contributed by atoms with Gasteiger partial charge >= 0.3 is 0 Å². The Kier molecular flexibility index (Phi) is 9.37. The first kappa shape index (κ1) is 40.1. The first-order valence-electron chi connectivity index (χ1n) is 22.8. The number of para-hydroxylation sites is 2. The third-order valence-corrected chi connectivity index (χ3v) is 14.0. The summed E-state index contributed by atoms with van der Waals surface area (Å²) in [6.45, 7) is 4.72. The van der Waals surface area contributed by atoms with Crippen LogP contribution in [0.2, 0.25) is 0 Å². The predicted octanol–water partition coefficient (Wildman–Crippen LogP) is 18.1. The van der Waals surface area contributed by atoms with E-state index in [2.05, 4.69) is 254 Å². The number of fused-ring (bicyclic) bond motifs is 9. The largest absolute Gasteiger partial charge is 0.456 e. The summed E-state index contributed by atoms with van der Waals surface area (Å²) in [7, 11) is 0. The molecule has 67 heavy (non-hydrogen) atoms. The van der Waals surface area contributed by atoms with Crippen molar-refractivity contribution in [3.63, 3.8) is 0 Å². The molecule has 0 saturated carbocycles. The quantitative estimate of drug-likeness (QED) is 0.159. The van der Waals surface area contributed by atoms with Crippen molar-refractivity contribution >= 4 is 60.8 Å². The minimum atomic E-state index is -0.176. The molecule has 3 heteroatoms. The van der Waals surface area contributed by atoms with Gasteiger partial charge in [0.2, 0.25) is 0 Å². The predicted molar refractivity (Wildman–Crippen MR) is 283 cm³/mol. The summed E-state index contributed by atoms with van der Waals surface area (Å²) in [6.07, 6.45) is 0. The molecule has 1 aliphatic carbocycles. The summed E-state index contributed by atoms with van der Waals surface area (Å²) in [6, 6.07) is 83.8. The van der Waals surface area contributed by atoms with Gasteiger partial charge in [-0.2, -0.15) is 0 Å². The highest BCUT2D eigenvalue weighted by molar-refractivity contribution is 6.19. The lowest BCUT2D eigenvalue weighted by molar-refractivity contribution is 0.660. The number of anilines is 3. The number of hydrogen-bond donors (Lipinski definition) is 0. The Morgan fingerprint density at radius 3 is 1.78 bits per heavy atom. The highest BCUT2D eigenvalue weighted by atomic mass is 16.3. The minimum absolute atomic E-state index is 0. The van der Waals surface area contributed by atoms with Crippen molar-refractivity contribution in [3.05, 3.63) is 242 Å². The summed E-state index contributed by atoms with van der Waals surface area (Å²) in [5.74, 6) is 0. The van der Waals surface area contributed by atoms with Crippen LogP contribution in [0.25, 0.3) is 93.9 Å². The fourth-order valence-electron chi connectivity index (χ4n) is 10.9. The lowest BCUT2D eigenvalue weighted by atomic mass is 9.82. The Hall–Kier alpha value is -8.40. The Balaban J connectivity index is 0.00000468. The molecule has 320 valence electrons. The van der Waals surface area contributed by atoms with Gasteiger partial charge in [-0.05, 0) is 117 Å². The zero-order valence-corrected chi connectivity index (χ0v) is 36.7. The normalized spacial score (nSPS) is 12.6. The third-order valence-electron chi connectivity index (χ3n) is 14.0. The van der Waals surface area contributed by atoms with E-state index in [4.69, 9.17) is 4.42 Å². The molecular formula is C64H48N2O. The van der Waals surface area contributed by atoms with E-state index >= 15 is 0 Å². The van der Waals surface area contributed by atoms with Crippen LogP contribution in [-0.2, 0) is 5.41 Å². The van der Waals surface area contributed by atoms with E-state index in [9.17, 15) is 0 Å². The molecule has 1 aliphatic rings. The van der Waals surface area contributed by atoms with E-state index in [0.717, 1.165) is 66.9 Å². The standard InChI is InChI=1S/C63H44N2O.CH4/c1-63(2)53-25-14-12-24-50(53)60-54(63)26-16-28-57(60)65(47-33-29-42(30-34-47)41-17-6-3-7-18-41)62-48(43-19-8-4-9-20-43)35-38-59-61(62)52-40-45(32-37-58(52)66-59)44-31-36-56-51(39-44)49-23-13-15-27-55(49)64(56)46-21-10-5-11-22-46;/h3-40H,1-2H3;1H4. The number of furan rings is 1. The smallest absolute Gasteiger partial charge is 0.137 e. The third kappa shape index (κ3) is 6.26. The van der Waals surface area contributed by atoms with E-state index in [1.54, 1.807) is 0 Å². The molecule has 13 rings (SSSR count). The van der Waals surface area contributed by atoms with Crippen LogP contribution in [0.15, 0.2) is 235 Å². The van der Waals surface area contributed by atoms with Crippen LogP contribution in [0.5, 0.6) is 0 Å². The van der Waals surface area contributed by atoms with E-state index in [1.807, 2.05) is 0 Å². The number of aromatic nitrogens is 1. The van der Waals surface area contributed by atoms with Gasteiger partial charge in [-0.25, -0.2) is 0 Å². The van der Waals surface area contributed by atoms with E-state index in [1.165, 1.54) is 55.2 Å². The topological polar surface area (TPSA) is 21.3 Å². The van der Waals surface area contributed by atoms with Crippen molar-refractivity contribution < 1.29 is 4.42 Å². The van der Waals surface area contributed by atoms with Gasteiger partial charge in [-0.3, -0.25) is 0 Å². The van der Waals surface area contributed by atoms with Crippen molar-refractivity contribution in [2.24, 2.45) is 0 Å². The maximum absolute atomic E-state index is 6.91. The summed E-state index contributed by atoms with van der Waals surface area (Å²) >= 11 is 0. The molecule has 3 nitrogen and oxygen atoms in total. The second kappa shape index (κ2) is 15.6. The van der Waals surface area contributed by atoms with Crippen LogP contribution in [0, 0.1) is 0 Å². The second-order valence-electron chi connectivity index (χ2n) is 18.1. The Morgan fingerprint density at radius 1 is 0.418 bits per heavy atom. The van der Waals surface area contributed by atoms with E-state index in [-0.39, 0.29) is 12.8 Å². The zero-order chi connectivity index (χ0) is 43.9. The summed E-state index contributed by atoms with van der Waals surface area (Å²) < 4.78 is 9.28. The summed E-state index contributed by atoms with van der Waals surface area (Å²) in [5, 5.41) is 4.60. The van der Waals surface area contributed by atoms with Gasteiger partial charge < -0.3 is 13.9 Å². The van der Waals surface area contributed by atoms with Crippen LogP contribution in [0.3, 0.4) is 0 Å². The summed E-state index contributed by atoms with van der Waals surface area (Å²) in [4.78, 5) is 2.52. The highest BCUT2D eigenvalue weighted by Crippen LogP contribution is 2.56. The molecule has 0 radical (unpaired) electrons. The van der Waals surface area contributed by atoms with E-state index in [0.29, 0.717) is 0 Å². The first-order valence-corrected chi connectivity index (χ1v) is 22.8. The molecule has 0 aliphatic heterocycles. The molecule has 10 aromatic carbocycles. The van der Waals surface area contributed by atoms with Gasteiger partial charge in [0, 0.05) is 44.1 Å². The summed E-state index contributed by atoms with van der Waals surface area (Å²) in [5.41, 5.74) is 20.5. The van der Waals surface area contributed by atoms with Crippen LogP contribution in [0.1, 0.15) is 32.4 Å². The first-order chi connectivity index (χ1) is 32.5. The van der Waals surface area contributed by atoms with Crippen molar-refractivity contribution in [2.45, 2.75) is 26.7 Å². The van der Waals surface area contributed by atoms with Crippen LogP contribution in [-0.4, -0.2) is 4.57 Å². The Labute approximate surface area is 391 Å². The number of hydrogen-bond acceptors (Lipinski definition) is 2. The molecule has 12 aromatic rings. The fourth-order valence-corrected chi connectivity index (χ4v) is 10.9. The average molecular weight is 861 g/mol. The molecule has 0 bridgehead atoms. The van der Waals surface area contributed by atoms with Crippen LogP contribution >= 0.6 is 0 Å². The monoisotopic (exact) mass is 860 g/mol. The lowest BCUT2D eigenvalue weighted by Gasteiger charge is -2.31. The fraction of sp³-hybridized carbons (Fsp3) is 0.0625. The molecule has 0 fully saturated rings. The molecule has 0 unspecified atom stereocenters. The van der Waals surface area contributed by atoms with Gasteiger partial charge in [0.1, 0.15) is 11.2 Å². The second-order valence-corrected chi connectivity index (χ2v) is 18.1. The molecule has 0 amide bonds. The van der Waals surface area contributed by atoms with Gasteiger partial charge in [-0.1, -0.05) is 179 Å². The lowest BCUT2D eigenvalue weighted by Crippen LogP contribution is -2.16. The molecule has 2 aromatic heterocycles. The number of nitrogens with zero attached hydrogens (tertiary/aromatic N) is 2.